The fourth-order valence-corrected chi connectivity index (χ4v) is 9.25. The van der Waals surface area contributed by atoms with Crippen LogP contribution in [0.25, 0.3) is 0 Å². The lowest BCUT2D eigenvalue weighted by molar-refractivity contribution is 0.127. The van der Waals surface area contributed by atoms with E-state index in [0.29, 0.717) is 0 Å². The zero-order chi connectivity index (χ0) is 23.7. The molecule has 0 N–H and O–H groups in total. The van der Waals surface area contributed by atoms with Crippen LogP contribution in [0.2, 0.25) is 0 Å². The Hall–Kier alpha value is -1.95. The molecule has 34 heavy (non-hydrogen) atoms. The summed E-state index contributed by atoms with van der Waals surface area (Å²) < 4.78 is 5.68. The standard InChI is InChI=1S/C32H44OP/c1-2-3-27-33-28-19-8-6-4-5-7-9-20-29-34(30-21-13-10-14-22-30,31-23-15-11-16-24-31)32-25-17-12-18-26-32/h10-18,21-26H,2-9,19-20,27-29H2,1H3/q+1. The molecule has 0 saturated heterocycles. The molecule has 0 atom stereocenters. The molecule has 0 spiro atoms. The van der Waals surface area contributed by atoms with E-state index < -0.39 is 7.26 Å². The second-order valence-corrected chi connectivity index (χ2v) is 13.0. The Bertz CT molecular complexity index is 782. The Kier molecular flexibility index (Phi) is 12.4. The first-order chi connectivity index (χ1) is 16.9. The summed E-state index contributed by atoms with van der Waals surface area (Å²) in [6, 6.07) is 33.9. The van der Waals surface area contributed by atoms with E-state index in [1.54, 1.807) is 0 Å². The zero-order valence-electron chi connectivity index (χ0n) is 21.2. The smallest absolute Gasteiger partial charge is 0.112 e. The summed E-state index contributed by atoms with van der Waals surface area (Å²) in [5, 5.41) is 4.52. The predicted molar refractivity (Wildman–Crippen MR) is 153 cm³/mol. The van der Waals surface area contributed by atoms with Gasteiger partial charge in [-0.3, -0.25) is 0 Å². The fourth-order valence-electron chi connectivity index (χ4n) is 4.84. The zero-order valence-corrected chi connectivity index (χ0v) is 22.1. The van der Waals surface area contributed by atoms with Gasteiger partial charge in [-0.15, -0.1) is 0 Å². The lowest BCUT2D eigenvalue weighted by Gasteiger charge is -2.27. The molecule has 0 heterocycles. The van der Waals surface area contributed by atoms with E-state index >= 15 is 0 Å². The molecule has 0 aliphatic heterocycles. The van der Waals surface area contributed by atoms with Crippen molar-refractivity contribution in [3.8, 4) is 0 Å². The van der Waals surface area contributed by atoms with Crippen LogP contribution in [0.1, 0.15) is 71.1 Å². The molecule has 0 amide bonds. The Morgan fingerprint density at radius 3 is 1.29 bits per heavy atom. The molecule has 3 rings (SSSR count). The second-order valence-electron chi connectivity index (χ2n) is 9.33. The van der Waals surface area contributed by atoms with Crippen LogP contribution in [-0.2, 0) is 4.74 Å². The van der Waals surface area contributed by atoms with Crippen molar-refractivity contribution in [2.24, 2.45) is 0 Å². The van der Waals surface area contributed by atoms with Gasteiger partial charge in [-0.25, -0.2) is 0 Å². The lowest BCUT2D eigenvalue weighted by atomic mass is 10.1. The molecule has 1 nitrogen and oxygen atoms in total. The average Bonchev–Trinajstić information content (AvgIpc) is 2.91. The van der Waals surface area contributed by atoms with Crippen LogP contribution < -0.4 is 15.9 Å². The summed E-state index contributed by atoms with van der Waals surface area (Å²) in [7, 11) is -1.65. The molecular weight excluding hydrogens is 431 g/mol. The number of hydrogen-bond acceptors (Lipinski definition) is 1. The number of hydrogen-bond donors (Lipinski definition) is 0. The van der Waals surface area contributed by atoms with Crippen LogP contribution in [0.15, 0.2) is 91.0 Å². The maximum Gasteiger partial charge on any atom is 0.112 e. The molecule has 0 radical (unpaired) electrons. The summed E-state index contributed by atoms with van der Waals surface area (Å²) in [5.74, 6) is 0. The van der Waals surface area contributed by atoms with Crippen molar-refractivity contribution in [3.63, 3.8) is 0 Å². The third kappa shape index (κ3) is 8.07. The molecule has 3 aromatic carbocycles. The van der Waals surface area contributed by atoms with Crippen molar-refractivity contribution in [3.05, 3.63) is 91.0 Å². The molecule has 0 aliphatic carbocycles. The van der Waals surface area contributed by atoms with E-state index in [9.17, 15) is 0 Å². The molecule has 0 fully saturated rings. The van der Waals surface area contributed by atoms with Crippen LogP contribution in [0, 0.1) is 0 Å². The molecule has 0 saturated carbocycles. The first-order valence-electron chi connectivity index (χ1n) is 13.5. The van der Waals surface area contributed by atoms with Crippen LogP contribution >= 0.6 is 7.26 Å². The largest absolute Gasteiger partial charge is 0.381 e. The summed E-state index contributed by atoms with van der Waals surface area (Å²) >= 11 is 0. The minimum Gasteiger partial charge on any atom is -0.381 e. The summed E-state index contributed by atoms with van der Waals surface area (Å²) in [6.07, 6.45) is 14.3. The minimum atomic E-state index is -1.65. The van der Waals surface area contributed by atoms with Crippen molar-refractivity contribution in [2.45, 2.75) is 71.1 Å². The Morgan fingerprint density at radius 1 is 0.471 bits per heavy atom. The number of ether oxygens (including phenoxy) is 1. The van der Waals surface area contributed by atoms with Crippen molar-refractivity contribution < 1.29 is 4.74 Å². The summed E-state index contributed by atoms with van der Waals surface area (Å²) in [4.78, 5) is 0. The molecule has 3 aromatic rings. The topological polar surface area (TPSA) is 9.23 Å². The van der Waals surface area contributed by atoms with Gasteiger partial charge in [0.1, 0.15) is 23.2 Å². The highest BCUT2D eigenvalue weighted by Crippen LogP contribution is 2.55. The molecule has 0 unspecified atom stereocenters. The molecule has 0 aliphatic rings. The second kappa shape index (κ2) is 15.9. The van der Waals surface area contributed by atoms with Crippen molar-refractivity contribution in [2.75, 3.05) is 19.4 Å². The molecule has 182 valence electrons. The first kappa shape index (κ1) is 26.7. The Morgan fingerprint density at radius 2 is 0.853 bits per heavy atom. The van der Waals surface area contributed by atoms with Crippen molar-refractivity contribution >= 4 is 23.2 Å². The van der Waals surface area contributed by atoms with Gasteiger partial charge in [-0.1, -0.05) is 100 Å². The maximum absolute atomic E-state index is 5.68. The Balaban J connectivity index is 1.54. The number of benzene rings is 3. The number of unbranched alkanes of at least 4 members (excludes halogenated alkanes) is 8. The van der Waals surface area contributed by atoms with Gasteiger partial charge in [0.15, 0.2) is 0 Å². The number of rotatable bonds is 17. The van der Waals surface area contributed by atoms with Crippen LogP contribution in [0.5, 0.6) is 0 Å². The van der Waals surface area contributed by atoms with E-state index in [2.05, 4.69) is 97.9 Å². The van der Waals surface area contributed by atoms with Crippen LogP contribution in [0.4, 0.5) is 0 Å². The van der Waals surface area contributed by atoms with E-state index in [1.807, 2.05) is 0 Å². The normalized spacial score (nSPS) is 11.6. The molecule has 2 heteroatoms. The van der Waals surface area contributed by atoms with Gasteiger partial charge in [0.05, 0.1) is 6.16 Å². The van der Waals surface area contributed by atoms with Crippen molar-refractivity contribution in [1.29, 1.82) is 0 Å². The third-order valence-electron chi connectivity index (χ3n) is 6.77. The van der Waals surface area contributed by atoms with Gasteiger partial charge < -0.3 is 4.74 Å². The Labute approximate surface area is 209 Å². The van der Waals surface area contributed by atoms with Crippen LogP contribution in [0.3, 0.4) is 0 Å². The predicted octanol–water partition coefficient (Wildman–Crippen LogP) is 7.92. The third-order valence-corrected chi connectivity index (χ3v) is 11.3. The quantitative estimate of drug-likeness (QED) is 0.142. The monoisotopic (exact) mass is 475 g/mol. The van der Waals surface area contributed by atoms with E-state index in [4.69, 9.17) is 4.74 Å². The average molecular weight is 476 g/mol. The molecule has 0 aromatic heterocycles. The van der Waals surface area contributed by atoms with Gasteiger partial charge in [-0.2, -0.15) is 0 Å². The molecular formula is C32H44OP+. The fraction of sp³-hybridized carbons (Fsp3) is 0.438. The SMILES string of the molecule is CCCCOCCCCCCCCCC[P+](c1ccccc1)(c1ccccc1)c1ccccc1. The summed E-state index contributed by atoms with van der Waals surface area (Å²) in [5.41, 5.74) is 0. The van der Waals surface area contributed by atoms with Crippen LogP contribution in [-0.4, -0.2) is 19.4 Å². The van der Waals surface area contributed by atoms with E-state index in [-0.39, 0.29) is 0 Å². The molecule has 0 bridgehead atoms. The van der Waals surface area contributed by atoms with Gasteiger partial charge in [0, 0.05) is 13.2 Å². The van der Waals surface area contributed by atoms with E-state index in [0.717, 1.165) is 13.2 Å². The minimum absolute atomic E-state index is 0.940. The summed E-state index contributed by atoms with van der Waals surface area (Å²) in [6.45, 7) is 4.11. The van der Waals surface area contributed by atoms with Gasteiger partial charge in [-0.05, 0) is 62.1 Å². The first-order valence-corrected chi connectivity index (χ1v) is 15.5. The van der Waals surface area contributed by atoms with Crippen molar-refractivity contribution in [1.82, 2.24) is 0 Å². The highest BCUT2D eigenvalue weighted by Gasteiger charge is 2.44. The highest BCUT2D eigenvalue weighted by molar-refractivity contribution is 7.95. The lowest BCUT2D eigenvalue weighted by Crippen LogP contribution is -2.33. The highest BCUT2D eigenvalue weighted by atomic mass is 31.2. The van der Waals surface area contributed by atoms with Gasteiger partial charge in [0.25, 0.3) is 0 Å². The van der Waals surface area contributed by atoms with E-state index in [1.165, 1.54) is 86.3 Å². The van der Waals surface area contributed by atoms with Gasteiger partial charge in [0.2, 0.25) is 0 Å². The maximum atomic E-state index is 5.68. The van der Waals surface area contributed by atoms with Gasteiger partial charge >= 0.3 is 0 Å².